The van der Waals surface area contributed by atoms with Crippen LogP contribution in [0.3, 0.4) is 0 Å². The third-order valence-electron chi connectivity index (χ3n) is 2.74. The number of carboxylic acids is 1. The largest absolute Gasteiger partial charge is 0.480 e. The standard InChI is InChI=1S/C11H14N2O2.ClH.H2O/c14-11(15)10(13-6-1-2-7-13)9-4-3-5-12-8-9;;/h3-5,8,10H,1-2,6-7H2,(H,14,15);1H;1H2. The molecule has 0 amide bonds. The number of aromatic nitrogens is 1. The number of carbonyl (C=O) groups is 1. The van der Waals surface area contributed by atoms with Crippen molar-refractivity contribution in [2.75, 3.05) is 13.1 Å². The van der Waals surface area contributed by atoms with Gasteiger partial charge in [-0.2, -0.15) is 0 Å². The van der Waals surface area contributed by atoms with E-state index in [2.05, 4.69) is 4.98 Å². The number of halogens is 1. The van der Waals surface area contributed by atoms with Crippen LogP contribution in [0.5, 0.6) is 0 Å². The Bertz CT molecular complexity index is 342. The maximum atomic E-state index is 11.2. The normalized spacial score (nSPS) is 16.7. The van der Waals surface area contributed by atoms with Crippen molar-refractivity contribution in [2.45, 2.75) is 18.9 Å². The van der Waals surface area contributed by atoms with Crippen LogP contribution in [-0.4, -0.2) is 39.5 Å². The van der Waals surface area contributed by atoms with Gasteiger partial charge >= 0.3 is 5.97 Å². The van der Waals surface area contributed by atoms with Crippen LogP contribution in [0.4, 0.5) is 0 Å². The highest BCUT2D eigenvalue weighted by molar-refractivity contribution is 5.85. The van der Waals surface area contributed by atoms with E-state index in [-0.39, 0.29) is 17.9 Å². The average molecular weight is 261 g/mol. The van der Waals surface area contributed by atoms with Crippen LogP contribution in [0.25, 0.3) is 0 Å². The van der Waals surface area contributed by atoms with Crippen LogP contribution in [0.1, 0.15) is 24.4 Å². The fourth-order valence-corrected chi connectivity index (χ4v) is 2.05. The van der Waals surface area contributed by atoms with Gasteiger partial charge in [0.1, 0.15) is 6.04 Å². The van der Waals surface area contributed by atoms with Crippen LogP contribution < -0.4 is 0 Å². The number of likely N-dealkylation sites (tertiary alicyclic amines) is 1. The van der Waals surface area contributed by atoms with E-state index in [0.29, 0.717) is 0 Å². The lowest BCUT2D eigenvalue weighted by atomic mass is 10.1. The van der Waals surface area contributed by atoms with E-state index in [1.54, 1.807) is 18.5 Å². The maximum Gasteiger partial charge on any atom is 0.325 e. The van der Waals surface area contributed by atoms with Crippen molar-refractivity contribution in [1.82, 2.24) is 9.88 Å². The molecule has 2 heterocycles. The summed E-state index contributed by atoms with van der Waals surface area (Å²) in [7, 11) is 0. The molecule has 1 aliphatic heterocycles. The Labute approximate surface area is 106 Å². The molecule has 1 aromatic rings. The molecule has 1 saturated heterocycles. The molecule has 2 rings (SSSR count). The quantitative estimate of drug-likeness (QED) is 0.875. The van der Waals surface area contributed by atoms with E-state index in [0.717, 1.165) is 31.5 Å². The van der Waals surface area contributed by atoms with Crippen LogP contribution in [0.2, 0.25) is 0 Å². The summed E-state index contributed by atoms with van der Waals surface area (Å²) in [4.78, 5) is 17.2. The van der Waals surface area contributed by atoms with Gasteiger partial charge in [-0.1, -0.05) is 6.07 Å². The second-order valence-electron chi connectivity index (χ2n) is 3.77. The van der Waals surface area contributed by atoms with Gasteiger partial charge in [0.15, 0.2) is 0 Å². The summed E-state index contributed by atoms with van der Waals surface area (Å²) in [6, 6.07) is 3.08. The summed E-state index contributed by atoms with van der Waals surface area (Å²) < 4.78 is 0. The summed E-state index contributed by atoms with van der Waals surface area (Å²) in [6.45, 7) is 1.73. The van der Waals surface area contributed by atoms with E-state index in [9.17, 15) is 9.90 Å². The molecule has 1 atom stereocenters. The lowest BCUT2D eigenvalue weighted by Crippen LogP contribution is -2.31. The molecular weight excluding hydrogens is 244 g/mol. The second-order valence-corrected chi connectivity index (χ2v) is 3.77. The van der Waals surface area contributed by atoms with Crippen molar-refractivity contribution in [2.24, 2.45) is 0 Å². The Balaban J connectivity index is 0.00000128. The predicted octanol–water partition coefficient (Wildman–Crippen LogP) is 0.900. The van der Waals surface area contributed by atoms with Gasteiger partial charge in [-0.25, -0.2) is 0 Å². The fourth-order valence-electron chi connectivity index (χ4n) is 2.05. The van der Waals surface area contributed by atoms with Gasteiger partial charge in [-0.15, -0.1) is 12.4 Å². The van der Waals surface area contributed by atoms with E-state index in [1.165, 1.54) is 0 Å². The number of pyridine rings is 1. The molecule has 1 unspecified atom stereocenters. The first-order valence-electron chi connectivity index (χ1n) is 5.16. The van der Waals surface area contributed by atoms with Crippen LogP contribution >= 0.6 is 12.4 Å². The molecule has 0 bridgehead atoms. The van der Waals surface area contributed by atoms with Crippen molar-refractivity contribution >= 4 is 18.4 Å². The average Bonchev–Trinajstić information content (AvgIpc) is 2.72. The number of hydrogen-bond acceptors (Lipinski definition) is 3. The zero-order chi connectivity index (χ0) is 10.7. The molecule has 5 nitrogen and oxygen atoms in total. The first-order chi connectivity index (χ1) is 7.29. The Morgan fingerprint density at radius 2 is 2.06 bits per heavy atom. The SMILES string of the molecule is Cl.O.O=C(O)C(c1cccnc1)N1CCCC1. The minimum atomic E-state index is -0.787. The molecule has 1 aromatic heterocycles. The van der Waals surface area contributed by atoms with Crippen molar-refractivity contribution in [3.63, 3.8) is 0 Å². The molecular formula is C11H17ClN2O3. The van der Waals surface area contributed by atoms with Gasteiger partial charge in [0, 0.05) is 12.4 Å². The predicted molar refractivity (Wildman–Crippen MR) is 66.3 cm³/mol. The van der Waals surface area contributed by atoms with Crippen molar-refractivity contribution in [3.8, 4) is 0 Å². The fraction of sp³-hybridized carbons (Fsp3) is 0.455. The molecule has 1 aliphatic rings. The Morgan fingerprint density at radius 3 is 2.53 bits per heavy atom. The molecule has 17 heavy (non-hydrogen) atoms. The minimum Gasteiger partial charge on any atom is -0.480 e. The van der Waals surface area contributed by atoms with E-state index in [4.69, 9.17) is 0 Å². The molecule has 6 heteroatoms. The van der Waals surface area contributed by atoms with Gasteiger partial charge in [-0.3, -0.25) is 14.7 Å². The third-order valence-corrected chi connectivity index (χ3v) is 2.74. The van der Waals surface area contributed by atoms with Gasteiger partial charge < -0.3 is 10.6 Å². The highest BCUT2D eigenvalue weighted by Gasteiger charge is 2.29. The van der Waals surface area contributed by atoms with Crippen LogP contribution in [-0.2, 0) is 4.79 Å². The van der Waals surface area contributed by atoms with Crippen LogP contribution in [0.15, 0.2) is 24.5 Å². The van der Waals surface area contributed by atoms with Crippen LogP contribution in [0, 0.1) is 0 Å². The Morgan fingerprint density at radius 1 is 1.41 bits per heavy atom. The number of nitrogens with zero attached hydrogens (tertiary/aromatic N) is 2. The van der Waals surface area contributed by atoms with E-state index >= 15 is 0 Å². The second kappa shape index (κ2) is 7.21. The zero-order valence-electron chi connectivity index (χ0n) is 9.37. The van der Waals surface area contributed by atoms with E-state index in [1.807, 2.05) is 11.0 Å². The van der Waals surface area contributed by atoms with Gasteiger partial charge in [0.2, 0.25) is 0 Å². The number of carboxylic acid groups (broad SMARTS) is 1. The number of rotatable bonds is 3. The van der Waals surface area contributed by atoms with Crippen molar-refractivity contribution in [3.05, 3.63) is 30.1 Å². The summed E-state index contributed by atoms with van der Waals surface area (Å²) >= 11 is 0. The van der Waals surface area contributed by atoms with Gasteiger partial charge in [-0.05, 0) is 37.6 Å². The molecule has 3 N–H and O–H groups in total. The summed E-state index contributed by atoms with van der Waals surface area (Å²) in [6.07, 6.45) is 5.47. The molecule has 0 aliphatic carbocycles. The maximum absolute atomic E-state index is 11.2. The third kappa shape index (κ3) is 3.66. The number of hydrogen-bond donors (Lipinski definition) is 1. The van der Waals surface area contributed by atoms with Crippen molar-refractivity contribution in [1.29, 1.82) is 0 Å². The lowest BCUT2D eigenvalue weighted by Gasteiger charge is -2.23. The van der Waals surface area contributed by atoms with Crippen molar-refractivity contribution < 1.29 is 15.4 Å². The smallest absolute Gasteiger partial charge is 0.325 e. The summed E-state index contributed by atoms with van der Waals surface area (Å²) in [5.41, 5.74) is 0.770. The molecule has 0 aromatic carbocycles. The lowest BCUT2D eigenvalue weighted by molar-refractivity contribution is -0.143. The Kier molecular flexibility index (Phi) is 6.72. The van der Waals surface area contributed by atoms with Gasteiger partial charge in [0.05, 0.1) is 0 Å². The first-order valence-corrected chi connectivity index (χ1v) is 5.16. The Hall–Kier alpha value is -1.17. The molecule has 0 saturated carbocycles. The highest BCUT2D eigenvalue weighted by Crippen LogP contribution is 2.24. The molecule has 0 spiro atoms. The minimum absolute atomic E-state index is 0. The van der Waals surface area contributed by atoms with Gasteiger partial charge in [0.25, 0.3) is 0 Å². The molecule has 1 fully saturated rings. The topological polar surface area (TPSA) is 84.9 Å². The monoisotopic (exact) mass is 260 g/mol. The summed E-state index contributed by atoms with van der Waals surface area (Å²) in [5, 5.41) is 9.22. The zero-order valence-corrected chi connectivity index (χ0v) is 10.2. The molecule has 96 valence electrons. The number of aliphatic carboxylic acids is 1. The highest BCUT2D eigenvalue weighted by atomic mass is 35.5. The summed E-state index contributed by atoms with van der Waals surface area (Å²) in [5.74, 6) is -0.787. The van der Waals surface area contributed by atoms with E-state index < -0.39 is 12.0 Å². The first kappa shape index (κ1) is 15.8. The molecule has 0 radical (unpaired) electrons.